The first-order valence-electron chi connectivity index (χ1n) is 5.58. The molecule has 2 aliphatic rings. The lowest BCUT2D eigenvalue weighted by atomic mass is 10.1. The Morgan fingerprint density at radius 1 is 1.47 bits per heavy atom. The highest BCUT2D eigenvalue weighted by molar-refractivity contribution is 5.23. The van der Waals surface area contributed by atoms with E-state index < -0.39 is 0 Å². The zero-order chi connectivity index (χ0) is 10.4. The van der Waals surface area contributed by atoms with Crippen molar-refractivity contribution in [2.45, 2.75) is 32.2 Å². The number of H-pyrrole nitrogens is 1. The summed E-state index contributed by atoms with van der Waals surface area (Å²) in [5.41, 5.74) is 1.89. The summed E-state index contributed by atoms with van der Waals surface area (Å²) in [6.07, 6.45) is 2.05. The molecule has 15 heavy (non-hydrogen) atoms. The summed E-state index contributed by atoms with van der Waals surface area (Å²) < 4.78 is 0. The molecular weight excluding hydrogens is 190 g/mol. The molecule has 4 heteroatoms. The summed E-state index contributed by atoms with van der Waals surface area (Å²) >= 11 is 0. The van der Waals surface area contributed by atoms with Gasteiger partial charge in [-0.2, -0.15) is 0 Å². The lowest BCUT2D eigenvalue weighted by Crippen LogP contribution is -2.32. The van der Waals surface area contributed by atoms with Crippen molar-refractivity contribution >= 4 is 0 Å². The van der Waals surface area contributed by atoms with Gasteiger partial charge in [-0.05, 0) is 12.3 Å². The van der Waals surface area contributed by atoms with Gasteiger partial charge in [0.25, 0.3) is 5.56 Å². The van der Waals surface area contributed by atoms with Gasteiger partial charge < -0.3 is 10.3 Å². The molecule has 2 atom stereocenters. The van der Waals surface area contributed by atoms with Crippen molar-refractivity contribution in [3.63, 3.8) is 0 Å². The van der Waals surface area contributed by atoms with Crippen LogP contribution in [-0.4, -0.2) is 16.5 Å². The average Bonchev–Trinajstić information content (AvgIpc) is 2.96. The molecule has 2 N–H and O–H groups in total. The molecule has 0 amide bonds. The molecule has 3 rings (SSSR count). The van der Waals surface area contributed by atoms with Crippen molar-refractivity contribution in [1.29, 1.82) is 0 Å². The van der Waals surface area contributed by atoms with Crippen molar-refractivity contribution in [1.82, 2.24) is 15.3 Å². The molecule has 0 spiro atoms. The second-order valence-corrected chi connectivity index (χ2v) is 4.62. The van der Waals surface area contributed by atoms with Crippen LogP contribution in [0.5, 0.6) is 0 Å². The summed E-state index contributed by atoms with van der Waals surface area (Å²) in [6, 6.07) is 0. The molecule has 1 aliphatic heterocycles. The fraction of sp³-hybridized carbons (Fsp3) is 0.636. The van der Waals surface area contributed by atoms with E-state index in [-0.39, 0.29) is 5.56 Å². The fourth-order valence-electron chi connectivity index (χ4n) is 2.25. The summed E-state index contributed by atoms with van der Waals surface area (Å²) in [4.78, 5) is 19.3. The highest BCUT2D eigenvalue weighted by Gasteiger charge is 2.36. The molecule has 0 aromatic carbocycles. The van der Waals surface area contributed by atoms with Gasteiger partial charge in [-0.3, -0.25) is 4.79 Å². The highest BCUT2D eigenvalue weighted by Crippen LogP contribution is 2.45. The minimum atomic E-state index is 0.0568. The van der Waals surface area contributed by atoms with Crippen molar-refractivity contribution in [2.24, 2.45) is 5.92 Å². The van der Waals surface area contributed by atoms with Crippen LogP contribution in [0.15, 0.2) is 4.79 Å². The van der Waals surface area contributed by atoms with Gasteiger partial charge >= 0.3 is 0 Å². The molecule has 2 heterocycles. The predicted octanol–water partition coefficient (Wildman–Crippen LogP) is 0.539. The van der Waals surface area contributed by atoms with E-state index in [0.717, 1.165) is 30.0 Å². The fourth-order valence-corrected chi connectivity index (χ4v) is 2.25. The second kappa shape index (κ2) is 3.17. The SMILES string of the molecule is CC1CC1c1nc2c(c(=O)[nH]1)CNCC2. The van der Waals surface area contributed by atoms with Crippen molar-refractivity contribution in [3.05, 3.63) is 27.4 Å². The first kappa shape index (κ1) is 9.09. The number of aromatic amines is 1. The van der Waals surface area contributed by atoms with E-state index in [1.165, 1.54) is 6.42 Å². The van der Waals surface area contributed by atoms with Gasteiger partial charge in [0, 0.05) is 25.4 Å². The smallest absolute Gasteiger partial charge is 0.255 e. The maximum Gasteiger partial charge on any atom is 0.255 e. The number of nitrogens with one attached hydrogen (secondary N) is 2. The third-order valence-corrected chi connectivity index (χ3v) is 3.42. The Bertz CT molecular complexity index is 452. The van der Waals surface area contributed by atoms with Gasteiger partial charge in [0.05, 0.1) is 11.3 Å². The molecule has 4 nitrogen and oxygen atoms in total. The Morgan fingerprint density at radius 2 is 2.27 bits per heavy atom. The van der Waals surface area contributed by atoms with E-state index >= 15 is 0 Å². The second-order valence-electron chi connectivity index (χ2n) is 4.62. The van der Waals surface area contributed by atoms with Crippen LogP contribution in [0.25, 0.3) is 0 Å². The van der Waals surface area contributed by atoms with Crippen LogP contribution < -0.4 is 10.9 Å². The lowest BCUT2D eigenvalue weighted by Gasteiger charge is -2.15. The van der Waals surface area contributed by atoms with Crippen LogP contribution in [0, 0.1) is 5.92 Å². The Hall–Kier alpha value is -1.16. The molecule has 80 valence electrons. The Balaban J connectivity index is 2.05. The first-order chi connectivity index (χ1) is 7.25. The predicted molar refractivity (Wildman–Crippen MR) is 56.8 cm³/mol. The van der Waals surface area contributed by atoms with E-state index in [1.54, 1.807) is 0 Å². The van der Waals surface area contributed by atoms with Crippen molar-refractivity contribution in [2.75, 3.05) is 6.54 Å². The molecular formula is C11H15N3O. The topological polar surface area (TPSA) is 57.8 Å². The van der Waals surface area contributed by atoms with E-state index in [1.807, 2.05) is 0 Å². The van der Waals surface area contributed by atoms with Crippen LogP contribution in [-0.2, 0) is 13.0 Å². The van der Waals surface area contributed by atoms with Gasteiger partial charge in [0.1, 0.15) is 5.82 Å². The number of nitrogens with zero attached hydrogens (tertiary/aromatic N) is 1. The van der Waals surface area contributed by atoms with E-state index in [4.69, 9.17) is 0 Å². The molecule has 1 saturated carbocycles. The number of aromatic nitrogens is 2. The summed E-state index contributed by atoms with van der Waals surface area (Å²) in [5, 5.41) is 3.19. The zero-order valence-corrected chi connectivity index (χ0v) is 8.84. The number of hydrogen-bond acceptors (Lipinski definition) is 3. The van der Waals surface area contributed by atoms with Crippen LogP contribution in [0.1, 0.15) is 36.3 Å². The first-order valence-corrected chi connectivity index (χ1v) is 5.58. The van der Waals surface area contributed by atoms with E-state index in [9.17, 15) is 4.79 Å². The molecule has 0 saturated heterocycles. The van der Waals surface area contributed by atoms with Gasteiger partial charge in [0.15, 0.2) is 0 Å². The summed E-state index contributed by atoms with van der Waals surface area (Å²) in [5.74, 6) is 2.10. The Morgan fingerprint density at radius 3 is 3.00 bits per heavy atom. The van der Waals surface area contributed by atoms with Crippen LogP contribution in [0.3, 0.4) is 0 Å². The quantitative estimate of drug-likeness (QED) is 0.703. The maximum atomic E-state index is 11.8. The number of hydrogen-bond donors (Lipinski definition) is 2. The summed E-state index contributed by atoms with van der Waals surface area (Å²) in [7, 11) is 0. The molecule has 1 fully saturated rings. The van der Waals surface area contributed by atoms with Crippen molar-refractivity contribution in [3.8, 4) is 0 Å². The third kappa shape index (κ3) is 1.49. The molecule has 1 aliphatic carbocycles. The minimum absolute atomic E-state index is 0.0568. The van der Waals surface area contributed by atoms with Crippen molar-refractivity contribution < 1.29 is 0 Å². The van der Waals surface area contributed by atoms with Crippen LogP contribution in [0.4, 0.5) is 0 Å². The van der Waals surface area contributed by atoms with Gasteiger partial charge in [0.2, 0.25) is 0 Å². The summed E-state index contributed by atoms with van der Waals surface area (Å²) in [6.45, 7) is 3.80. The number of rotatable bonds is 1. The highest BCUT2D eigenvalue weighted by atomic mass is 16.1. The third-order valence-electron chi connectivity index (χ3n) is 3.42. The van der Waals surface area contributed by atoms with E-state index in [0.29, 0.717) is 18.4 Å². The van der Waals surface area contributed by atoms with Gasteiger partial charge in [-0.1, -0.05) is 6.92 Å². The molecule has 0 bridgehead atoms. The monoisotopic (exact) mass is 205 g/mol. The molecule has 1 aromatic heterocycles. The van der Waals surface area contributed by atoms with E-state index in [2.05, 4.69) is 22.2 Å². The molecule has 2 unspecified atom stereocenters. The van der Waals surface area contributed by atoms with Gasteiger partial charge in [-0.15, -0.1) is 0 Å². The Labute approximate surface area is 88.1 Å². The normalized spacial score (nSPS) is 28.6. The molecule has 0 radical (unpaired) electrons. The van der Waals surface area contributed by atoms with Crippen LogP contribution in [0.2, 0.25) is 0 Å². The standard InChI is InChI=1S/C11H15N3O/c1-6-4-7(6)10-13-9-2-3-12-5-8(9)11(15)14-10/h6-7,12H,2-5H2,1H3,(H,13,14,15). The average molecular weight is 205 g/mol. The number of fused-ring (bicyclic) bond motifs is 1. The zero-order valence-electron chi connectivity index (χ0n) is 8.84. The molecule has 1 aromatic rings. The van der Waals surface area contributed by atoms with Crippen LogP contribution >= 0.6 is 0 Å². The largest absolute Gasteiger partial charge is 0.312 e. The minimum Gasteiger partial charge on any atom is -0.312 e. The Kier molecular flexibility index (Phi) is 1.92. The van der Waals surface area contributed by atoms with Gasteiger partial charge in [-0.25, -0.2) is 4.98 Å². The maximum absolute atomic E-state index is 11.8. The lowest BCUT2D eigenvalue weighted by molar-refractivity contribution is 0.612.